The summed E-state index contributed by atoms with van der Waals surface area (Å²) in [4.78, 5) is 16.7. The van der Waals surface area contributed by atoms with Crippen LogP contribution in [0.3, 0.4) is 0 Å². The highest BCUT2D eigenvalue weighted by molar-refractivity contribution is 5.97. The largest absolute Gasteiger partial charge is 0.497 e. The molecule has 5 heteroatoms. The first-order valence-electron chi connectivity index (χ1n) is 7.34. The molecule has 2 heterocycles. The Hall–Kier alpha value is -1.75. The lowest BCUT2D eigenvalue weighted by molar-refractivity contribution is -0.00607. The number of methoxy groups -OCH3 is 1. The average molecular weight is 290 g/mol. The second-order valence-corrected chi connectivity index (χ2v) is 6.11. The van der Waals surface area contributed by atoms with Crippen molar-refractivity contribution in [1.29, 1.82) is 0 Å². The van der Waals surface area contributed by atoms with Gasteiger partial charge in [0.15, 0.2) is 0 Å². The second-order valence-electron chi connectivity index (χ2n) is 6.11. The van der Waals surface area contributed by atoms with Crippen molar-refractivity contribution in [1.82, 2.24) is 9.80 Å². The van der Waals surface area contributed by atoms with E-state index >= 15 is 0 Å². The molecule has 1 aromatic rings. The molecule has 1 amide bonds. The van der Waals surface area contributed by atoms with Gasteiger partial charge in [0.05, 0.1) is 19.2 Å². The number of hydrogen-bond acceptors (Lipinski definition) is 4. The summed E-state index contributed by atoms with van der Waals surface area (Å²) >= 11 is 0. The van der Waals surface area contributed by atoms with Crippen molar-refractivity contribution in [2.24, 2.45) is 0 Å². The van der Waals surface area contributed by atoms with Crippen molar-refractivity contribution < 1.29 is 14.3 Å². The zero-order valence-electron chi connectivity index (χ0n) is 12.9. The number of carbonyl (C=O) groups is 1. The van der Waals surface area contributed by atoms with Gasteiger partial charge >= 0.3 is 0 Å². The van der Waals surface area contributed by atoms with E-state index in [1.807, 2.05) is 19.2 Å². The van der Waals surface area contributed by atoms with E-state index in [1.54, 1.807) is 18.1 Å². The molecule has 0 radical (unpaired) electrons. The summed E-state index contributed by atoms with van der Waals surface area (Å²) in [6.45, 7) is 2.62. The fraction of sp³-hybridized carbons (Fsp3) is 0.562. The van der Waals surface area contributed by atoms with Crippen LogP contribution in [0.1, 0.15) is 23.2 Å². The molecule has 1 spiro atoms. The number of carbonyl (C=O) groups excluding carboxylic acids is 1. The van der Waals surface area contributed by atoms with Gasteiger partial charge in [-0.3, -0.25) is 4.79 Å². The van der Waals surface area contributed by atoms with Crippen LogP contribution in [-0.2, 0) is 0 Å². The highest BCUT2D eigenvalue weighted by atomic mass is 16.5. The van der Waals surface area contributed by atoms with Crippen LogP contribution in [0.4, 0.5) is 0 Å². The highest BCUT2D eigenvalue weighted by Gasteiger charge is 2.41. The second kappa shape index (κ2) is 5.22. The summed E-state index contributed by atoms with van der Waals surface area (Å²) in [6, 6.07) is 5.47. The van der Waals surface area contributed by atoms with Crippen LogP contribution in [0.2, 0.25) is 0 Å². The van der Waals surface area contributed by atoms with E-state index < -0.39 is 0 Å². The Labute approximate surface area is 125 Å². The Balaban J connectivity index is 1.98. The van der Waals surface area contributed by atoms with Gasteiger partial charge in [0.25, 0.3) is 5.91 Å². The first-order chi connectivity index (χ1) is 10.0. The zero-order valence-corrected chi connectivity index (χ0v) is 12.9. The van der Waals surface area contributed by atoms with Crippen molar-refractivity contribution in [3.05, 3.63) is 23.8 Å². The quantitative estimate of drug-likeness (QED) is 0.788. The van der Waals surface area contributed by atoms with E-state index in [0.29, 0.717) is 23.6 Å². The fourth-order valence-corrected chi connectivity index (χ4v) is 3.15. The highest BCUT2D eigenvalue weighted by Crippen LogP contribution is 2.36. The van der Waals surface area contributed by atoms with Gasteiger partial charge in [-0.2, -0.15) is 0 Å². The van der Waals surface area contributed by atoms with Gasteiger partial charge in [0.1, 0.15) is 17.1 Å². The predicted octanol–water partition coefficient (Wildman–Crippen LogP) is 1.62. The van der Waals surface area contributed by atoms with Gasteiger partial charge in [0, 0.05) is 33.0 Å². The molecular formula is C16H22N2O3. The molecule has 0 bridgehead atoms. The number of ether oxygens (including phenoxy) is 2. The SMILES string of the molecule is COc1ccc2c(c1)C(=O)N(C)CC1(CCN(C)CC1)O2. The molecule has 0 aliphatic carbocycles. The van der Waals surface area contributed by atoms with Crippen LogP contribution in [0.5, 0.6) is 11.5 Å². The molecule has 2 aliphatic heterocycles. The molecule has 114 valence electrons. The van der Waals surface area contributed by atoms with Crippen LogP contribution in [0, 0.1) is 0 Å². The van der Waals surface area contributed by atoms with E-state index in [9.17, 15) is 4.79 Å². The van der Waals surface area contributed by atoms with Gasteiger partial charge in [-0.05, 0) is 25.2 Å². The maximum Gasteiger partial charge on any atom is 0.257 e. The lowest BCUT2D eigenvalue weighted by atomic mass is 9.91. The molecule has 0 N–H and O–H groups in total. The number of nitrogens with zero attached hydrogens (tertiary/aromatic N) is 2. The molecular weight excluding hydrogens is 268 g/mol. The molecule has 0 saturated carbocycles. The molecule has 1 aromatic carbocycles. The van der Waals surface area contributed by atoms with Gasteiger partial charge in [-0.25, -0.2) is 0 Å². The topological polar surface area (TPSA) is 42.0 Å². The number of fused-ring (bicyclic) bond motifs is 1. The van der Waals surface area contributed by atoms with Crippen LogP contribution in [0.25, 0.3) is 0 Å². The minimum absolute atomic E-state index is 0.000275. The number of likely N-dealkylation sites (tertiary alicyclic amines) is 1. The summed E-state index contributed by atoms with van der Waals surface area (Å²) in [6.07, 6.45) is 1.87. The molecule has 2 aliphatic rings. The summed E-state index contributed by atoms with van der Waals surface area (Å²) in [5.74, 6) is 1.35. The van der Waals surface area contributed by atoms with Crippen molar-refractivity contribution in [2.75, 3.05) is 40.8 Å². The van der Waals surface area contributed by atoms with Crippen LogP contribution < -0.4 is 9.47 Å². The summed E-state index contributed by atoms with van der Waals surface area (Å²) < 4.78 is 11.6. The van der Waals surface area contributed by atoms with Gasteiger partial charge in [0.2, 0.25) is 0 Å². The Morgan fingerprint density at radius 1 is 1.24 bits per heavy atom. The Morgan fingerprint density at radius 2 is 1.95 bits per heavy atom. The van der Waals surface area contributed by atoms with Crippen molar-refractivity contribution in [3.8, 4) is 11.5 Å². The predicted molar refractivity (Wildman–Crippen MR) is 80.0 cm³/mol. The number of piperidine rings is 1. The monoisotopic (exact) mass is 290 g/mol. The molecule has 21 heavy (non-hydrogen) atoms. The Bertz CT molecular complexity index is 550. The first-order valence-corrected chi connectivity index (χ1v) is 7.34. The molecule has 1 fully saturated rings. The smallest absolute Gasteiger partial charge is 0.257 e. The maximum absolute atomic E-state index is 12.6. The molecule has 0 atom stereocenters. The van der Waals surface area contributed by atoms with E-state index in [0.717, 1.165) is 25.9 Å². The van der Waals surface area contributed by atoms with E-state index in [4.69, 9.17) is 9.47 Å². The molecule has 0 aromatic heterocycles. The Kier molecular flexibility index (Phi) is 3.53. The molecule has 3 rings (SSSR count). The third-order valence-corrected chi connectivity index (χ3v) is 4.51. The van der Waals surface area contributed by atoms with E-state index in [-0.39, 0.29) is 11.5 Å². The normalized spacial score (nSPS) is 21.7. The molecule has 5 nitrogen and oxygen atoms in total. The molecule has 0 unspecified atom stereocenters. The number of likely N-dealkylation sites (N-methyl/N-ethyl adjacent to an activating group) is 1. The first kappa shape index (κ1) is 14.2. The molecule has 1 saturated heterocycles. The van der Waals surface area contributed by atoms with Gasteiger partial charge < -0.3 is 19.3 Å². The van der Waals surface area contributed by atoms with E-state index in [2.05, 4.69) is 11.9 Å². The lowest BCUT2D eigenvalue weighted by Gasteiger charge is -2.41. The Morgan fingerprint density at radius 3 is 2.62 bits per heavy atom. The third-order valence-electron chi connectivity index (χ3n) is 4.51. The summed E-state index contributed by atoms with van der Waals surface area (Å²) in [5, 5.41) is 0. The van der Waals surface area contributed by atoms with E-state index in [1.165, 1.54) is 0 Å². The van der Waals surface area contributed by atoms with Crippen molar-refractivity contribution >= 4 is 5.91 Å². The standard InChI is InChI=1S/C16H22N2O3/c1-17-8-6-16(7-9-17)11-18(2)15(19)13-10-12(20-3)4-5-14(13)21-16/h4-5,10H,6-9,11H2,1-3H3. The minimum atomic E-state index is -0.267. The van der Waals surface area contributed by atoms with Crippen LogP contribution in [-0.4, -0.2) is 62.1 Å². The van der Waals surface area contributed by atoms with Crippen molar-refractivity contribution in [3.63, 3.8) is 0 Å². The summed E-state index contributed by atoms with van der Waals surface area (Å²) in [5.41, 5.74) is 0.323. The third kappa shape index (κ3) is 2.58. The number of rotatable bonds is 1. The minimum Gasteiger partial charge on any atom is -0.497 e. The fourth-order valence-electron chi connectivity index (χ4n) is 3.15. The zero-order chi connectivity index (χ0) is 15.0. The summed E-state index contributed by atoms with van der Waals surface area (Å²) in [7, 11) is 5.57. The number of benzene rings is 1. The van der Waals surface area contributed by atoms with Crippen molar-refractivity contribution in [2.45, 2.75) is 18.4 Å². The average Bonchev–Trinajstić information content (AvgIpc) is 2.59. The number of amides is 1. The van der Waals surface area contributed by atoms with Gasteiger partial charge in [-0.1, -0.05) is 0 Å². The maximum atomic E-state index is 12.6. The van der Waals surface area contributed by atoms with Crippen LogP contribution in [0.15, 0.2) is 18.2 Å². The van der Waals surface area contributed by atoms with Gasteiger partial charge in [-0.15, -0.1) is 0 Å². The van der Waals surface area contributed by atoms with Crippen LogP contribution >= 0.6 is 0 Å². The lowest BCUT2D eigenvalue weighted by Crippen LogP contribution is -2.52. The number of hydrogen-bond donors (Lipinski definition) is 0.